The summed E-state index contributed by atoms with van der Waals surface area (Å²) >= 11 is 9.22. The maximum absolute atomic E-state index is 5.38. The second-order valence-electron chi connectivity index (χ2n) is 2.20. The minimum atomic E-state index is 0. The minimum absolute atomic E-state index is 0. The summed E-state index contributed by atoms with van der Waals surface area (Å²) in [6.45, 7) is 1.55. The Morgan fingerprint density at radius 1 is 0.923 bits per heavy atom. The van der Waals surface area contributed by atoms with Gasteiger partial charge < -0.3 is 9.47 Å². The van der Waals surface area contributed by atoms with Gasteiger partial charge in [-0.1, -0.05) is 97.8 Å². The number of ether oxygens (including phenoxy) is 2. The fraction of sp³-hybridized carbons (Fsp3) is 1.00. The number of hydrogen-bond donors (Lipinski definition) is 0. The first-order valence-electron chi connectivity index (χ1n) is 3.21. The average Bonchev–Trinajstić information content (AvgIpc) is 2.11. The van der Waals surface area contributed by atoms with Gasteiger partial charge in [0.05, 0.1) is 25.9 Å². The zero-order valence-electron chi connectivity index (χ0n) is 6.36. The first-order chi connectivity index (χ1) is 5.68. The molecule has 0 fully saturated rings. The number of alkyl halides is 4. The lowest BCUT2D eigenvalue weighted by Gasteiger charge is -2.23. The van der Waals surface area contributed by atoms with Crippen molar-refractivity contribution in [2.75, 3.05) is 26.9 Å². The molecule has 0 aromatic heterocycles. The third-order valence-electron chi connectivity index (χ3n) is 1.12. The molecule has 0 N–H and O–H groups in total. The van der Waals surface area contributed by atoms with Crippen LogP contribution in [0.2, 0.25) is 0 Å². The van der Waals surface area contributed by atoms with Gasteiger partial charge in [-0.3, -0.25) is 0 Å². The molecule has 0 atom stereocenters. The average molecular weight is 638 g/mol. The SMILES string of the molecule is C.ICOCC(I)(CI)COCI. The predicted molar refractivity (Wildman–Crippen MR) is 92.0 cm³/mol. The molecule has 0 amide bonds. The maximum Gasteiger partial charge on any atom is 0.0979 e. The van der Waals surface area contributed by atoms with E-state index in [1.54, 1.807) is 0 Å². The molecule has 0 aromatic carbocycles. The topological polar surface area (TPSA) is 18.5 Å². The van der Waals surface area contributed by atoms with Crippen LogP contribution in [0, 0.1) is 0 Å². The van der Waals surface area contributed by atoms with E-state index in [4.69, 9.17) is 9.47 Å². The molecule has 6 heteroatoms. The third-order valence-corrected chi connectivity index (χ3v) is 5.92. The van der Waals surface area contributed by atoms with Crippen molar-refractivity contribution < 1.29 is 9.47 Å². The monoisotopic (exact) mass is 638 g/mol. The predicted octanol–water partition coefficient (Wildman–Crippen LogP) is 4.05. The van der Waals surface area contributed by atoms with Gasteiger partial charge in [0.25, 0.3) is 0 Å². The second kappa shape index (κ2) is 11.3. The molecule has 0 aromatic rings. The molecule has 0 saturated heterocycles. The summed E-state index contributed by atoms with van der Waals surface area (Å²) < 4.78 is 13.5. The van der Waals surface area contributed by atoms with Crippen molar-refractivity contribution in [3.63, 3.8) is 0 Å². The first kappa shape index (κ1) is 18.2. The van der Waals surface area contributed by atoms with Crippen molar-refractivity contribution >= 4 is 90.4 Å². The summed E-state index contributed by atoms with van der Waals surface area (Å²) in [4.78, 5) is 0. The lowest BCUT2D eigenvalue weighted by molar-refractivity contribution is 0.113. The summed E-state index contributed by atoms with van der Waals surface area (Å²) in [5.41, 5.74) is 0. The number of halogens is 4. The molecular weight excluding hydrogens is 624 g/mol. The van der Waals surface area contributed by atoms with E-state index in [0.717, 1.165) is 26.9 Å². The van der Waals surface area contributed by atoms with E-state index in [-0.39, 0.29) is 10.8 Å². The zero-order valence-corrected chi connectivity index (χ0v) is 15.0. The van der Waals surface area contributed by atoms with Gasteiger partial charge in [-0.05, 0) is 0 Å². The summed E-state index contributed by atoms with van der Waals surface area (Å²) in [5, 5.41) is 0. The molecule has 0 rings (SSSR count). The largest absolute Gasteiger partial charge is 0.370 e. The molecule has 0 unspecified atom stereocenters. The lowest BCUT2D eigenvalue weighted by atomic mass is 10.2. The quantitative estimate of drug-likeness (QED) is 0.310. The van der Waals surface area contributed by atoms with Crippen LogP contribution in [0.15, 0.2) is 0 Å². The van der Waals surface area contributed by atoms with Crippen molar-refractivity contribution in [1.29, 1.82) is 0 Å². The minimum Gasteiger partial charge on any atom is -0.370 e. The van der Waals surface area contributed by atoms with Gasteiger partial charge >= 0.3 is 0 Å². The Kier molecular flexibility index (Phi) is 15.9. The van der Waals surface area contributed by atoms with Crippen LogP contribution in [-0.4, -0.2) is 30.3 Å². The van der Waals surface area contributed by atoms with Crippen molar-refractivity contribution in [2.45, 2.75) is 10.8 Å². The fourth-order valence-electron chi connectivity index (χ4n) is 0.562. The molecule has 13 heavy (non-hydrogen) atoms. The van der Waals surface area contributed by atoms with Gasteiger partial charge in [0, 0.05) is 4.43 Å². The molecule has 2 nitrogen and oxygen atoms in total. The number of rotatable bonds is 7. The standard InChI is InChI=1S/C6H10I4O2.CH4/c7-1-6(10,2-11-4-8)3-12-5-9;/h1-5H2;1H4. The molecule has 0 saturated carbocycles. The maximum atomic E-state index is 5.38. The van der Waals surface area contributed by atoms with Gasteiger partial charge in [-0.15, -0.1) is 0 Å². The molecule has 0 aliphatic heterocycles. The van der Waals surface area contributed by atoms with Crippen molar-refractivity contribution in [3.05, 3.63) is 0 Å². The summed E-state index contributed by atoms with van der Waals surface area (Å²) in [6.07, 6.45) is 0. The Labute approximate surface area is 135 Å². The molecule has 82 valence electrons. The van der Waals surface area contributed by atoms with E-state index in [9.17, 15) is 0 Å². The lowest BCUT2D eigenvalue weighted by Crippen LogP contribution is -2.34. The molecule has 0 aliphatic carbocycles. The van der Waals surface area contributed by atoms with Crippen molar-refractivity contribution in [2.24, 2.45) is 0 Å². The molecule has 0 bridgehead atoms. The van der Waals surface area contributed by atoms with Gasteiger partial charge in [-0.2, -0.15) is 0 Å². The molecular formula is C7H14I4O2. The van der Waals surface area contributed by atoms with E-state index in [1.807, 2.05) is 0 Å². The van der Waals surface area contributed by atoms with E-state index < -0.39 is 0 Å². The summed E-state index contributed by atoms with van der Waals surface area (Å²) in [5.74, 6) is 0. The molecule has 0 aliphatic rings. The molecule has 0 spiro atoms. The second-order valence-corrected chi connectivity index (χ2v) is 6.50. The van der Waals surface area contributed by atoms with Crippen LogP contribution in [0.1, 0.15) is 7.43 Å². The van der Waals surface area contributed by atoms with Crippen LogP contribution in [0.25, 0.3) is 0 Å². The van der Waals surface area contributed by atoms with Crippen LogP contribution in [0.5, 0.6) is 0 Å². The van der Waals surface area contributed by atoms with E-state index in [0.29, 0.717) is 0 Å². The Morgan fingerprint density at radius 3 is 1.54 bits per heavy atom. The van der Waals surface area contributed by atoms with E-state index in [1.165, 1.54) is 0 Å². The van der Waals surface area contributed by atoms with Gasteiger partial charge in [0.2, 0.25) is 0 Å². The van der Waals surface area contributed by atoms with Crippen LogP contribution in [-0.2, 0) is 9.47 Å². The van der Waals surface area contributed by atoms with Gasteiger partial charge in [0.15, 0.2) is 0 Å². The summed E-state index contributed by atoms with van der Waals surface area (Å²) in [6, 6.07) is 0. The van der Waals surface area contributed by atoms with Crippen LogP contribution >= 0.6 is 90.4 Å². The van der Waals surface area contributed by atoms with Crippen LogP contribution in [0.4, 0.5) is 0 Å². The highest BCUT2D eigenvalue weighted by Crippen LogP contribution is 2.23. The highest BCUT2D eigenvalue weighted by Gasteiger charge is 2.25. The Bertz CT molecular complexity index is 105. The van der Waals surface area contributed by atoms with E-state index in [2.05, 4.69) is 90.4 Å². The van der Waals surface area contributed by atoms with Crippen molar-refractivity contribution in [3.8, 4) is 0 Å². The van der Waals surface area contributed by atoms with Crippen LogP contribution in [0.3, 0.4) is 0 Å². The third kappa shape index (κ3) is 9.75. The molecule has 0 radical (unpaired) electrons. The van der Waals surface area contributed by atoms with Crippen molar-refractivity contribution in [1.82, 2.24) is 0 Å². The smallest absolute Gasteiger partial charge is 0.0979 e. The first-order valence-corrected chi connectivity index (χ1v) is 8.86. The number of hydrogen-bond acceptors (Lipinski definition) is 2. The van der Waals surface area contributed by atoms with Gasteiger partial charge in [-0.25, -0.2) is 0 Å². The normalized spacial score (nSPS) is 11.1. The van der Waals surface area contributed by atoms with E-state index >= 15 is 0 Å². The fourth-order valence-corrected chi connectivity index (χ4v) is 1.88. The van der Waals surface area contributed by atoms with Gasteiger partial charge in [0.1, 0.15) is 0 Å². The Morgan fingerprint density at radius 2 is 1.31 bits per heavy atom. The van der Waals surface area contributed by atoms with Crippen LogP contribution < -0.4 is 0 Å². The highest BCUT2D eigenvalue weighted by molar-refractivity contribution is 14.1. The highest BCUT2D eigenvalue weighted by atomic mass is 127. The Hall–Kier alpha value is 2.84. The summed E-state index contributed by atoms with van der Waals surface area (Å²) in [7, 11) is 0. The molecule has 0 heterocycles. The zero-order chi connectivity index (χ0) is 9.45. The Balaban J connectivity index is 0.